The van der Waals surface area contributed by atoms with Crippen LogP contribution < -0.4 is 15.5 Å². The van der Waals surface area contributed by atoms with Crippen LogP contribution in [0.3, 0.4) is 0 Å². The van der Waals surface area contributed by atoms with Crippen molar-refractivity contribution in [3.05, 3.63) is 29.8 Å². The van der Waals surface area contributed by atoms with Crippen molar-refractivity contribution < 1.29 is 9.53 Å². The molecule has 7 heteroatoms. The summed E-state index contributed by atoms with van der Waals surface area (Å²) in [6.07, 6.45) is 1.96. The summed E-state index contributed by atoms with van der Waals surface area (Å²) in [6, 6.07) is 8.11. The number of fused-ring (bicyclic) bond motifs is 1. The predicted molar refractivity (Wildman–Crippen MR) is 108 cm³/mol. The summed E-state index contributed by atoms with van der Waals surface area (Å²) in [4.78, 5) is 21.4. The second-order valence-electron chi connectivity index (χ2n) is 6.85. The Labute approximate surface area is 161 Å². The molecule has 1 amide bonds. The average Bonchev–Trinajstić information content (AvgIpc) is 3.14. The van der Waals surface area contributed by atoms with Crippen molar-refractivity contribution in [2.45, 2.75) is 19.8 Å². The summed E-state index contributed by atoms with van der Waals surface area (Å²) in [5, 5.41) is 6.56. The number of carbonyl (C=O) groups excluding carboxylic acids is 1. The third-order valence-electron chi connectivity index (χ3n) is 4.95. The zero-order chi connectivity index (χ0) is 18.9. The van der Waals surface area contributed by atoms with Crippen molar-refractivity contribution in [3.8, 4) is 0 Å². The minimum atomic E-state index is 0.0467. The Morgan fingerprint density at radius 2 is 2.00 bits per heavy atom. The lowest BCUT2D eigenvalue weighted by Crippen LogP contribution is -2.41. The van der Waals surface area contributed by atoms with Gasteiger partial charge in [0, 0.05) is 38.4 Å². The number of guanidine groups is 1. The Bertz CT molecular complexity index is 643. The van der Waals surface area contributed by atoms with E-state index in [9.17, 15) is 4.79 Å². The van der Waals surface area contributed by atoms with Gasteiger partial charge in [0.05, 0.1) is 13.2 Å². The van der Waals surface area contributed by atoms with Gasteiger partial charge in [-0.3, -0.25) is 9.69 Å². The third kappa shape index (κ3) is 5.68. The molecule has 1 aromatic rings. The number of aliphatic imine (C=N–C) groups is 1. The van der Waals surface area contributed by atoms with Crippen molar-refractivity contribution in [2.24, 2.45) is 4.99 Å². The van der Waals surface area contributed by atoms with Gasteiger partial charge in [0.1, 0.15) is 6.54 Å². The van der Waals surface area contributed by atoms with E-state index in [2.05, 4.69) is 26.6 Å². The van der Waals surface area contributed by atoms with Gasteiger partial charge >= 0.3 is 0 Å². The molecule has 0 unspecified atom stereocenters. The third-order valence-corrected chi connectivity index (χ3v) is 4.95. The molecule has 148 valence electrons. The Morgan fingerprint density at radius 3 is 2.81 bits per heavy atom. The van der Waals surface area contributed by atoms with Crippen molar-refractivity contribution >= 4 is 17.6 Å². The monoisotopic (exact) mass is 373 g/mol. The average molecular weight is 374 g/mol. The molecule has 0 spiro atoms. The Morgan fingerprint density at radius 1 is 1.19 bits per heavy atom. The van der Waals surface area contributed by atoms with Crippen LogP contribution in [0.1, 0.15) is 18.9 Å². The van der Waals surface area contributed by atoms with E-state index in [4.69, 9.17) is 4.74 Å². The van der Waals surface area contributed by atoms with Crippen LogP contribution in [0.5, 0.6) is 0 Å². The lowest BCUT2D eigenvalue weighted by molar-refractivity contribution is -0.117. The number of carbonyl (C=O) groups is 1. The van der Waals surface area contributed by atoms with Crippen molar-refractivity contribution in [2.75, 3.05) is 63.9 Å². The SMILES string of the molecule is CCNC(=NCC(=O)N1CCc2ccccc21)NCCCN1CCOCC1. The van der Waals surface area contributed by atoms with Gasteiger partial charge in [-0.25, -0.2) is 4.99 Å². The van der Waals surface area contributed by atoms with Gasteiger partial charge in [-0.1, -0.05) is 18.2 Å². The van der Waals surface area contributed by atoms with Gasteiger partial charge in [-0.15, -0.1) is 0 Å². The molecular weight excluding hydrogens is 342 g/mol. The van der Waals surface area contributed by atoms with Crippen LogP contribution in [0.4, 0.5) is 5.69 Å². The molecule has 2 N–H and O–H groups in total. The maximum atomic E-state index is 12.6. The lowest BCUT2D eigenvalue weighted by Gasteiger charge is -2.26. The molecule has 3 rings (SSSR count). The molecule has 2 heterocycles. The van der Waals surface area contributed by atoms with Gasteiger partial charge in [0.15, 0.2) is 5.96 Å². The van der Waals surface area contributed by atoms with Crippen LogP contribution in [0.2, 0.25) is 0 Å². The van der Waals surface area contributed by atoms with Crippen LogP contribution in [-0.2, 0) is 16.0 Å². The van der Waals surface area contributed by atoms with Gasteiger partial charge < -0.3 is 20.3 Å². The number of morpholine rings is 1. The van der Waals surface area contributed by atoms with E-state index in [1.165, 1.54) is 5.56 Å². The van der Waals surface area contributed by atoms with Gasteiger partial charge in [-0.2, -0.15) is 0 Å². The Hall–Kier alpha value is -2.12. The van der Waals surface area contributed by atoms with E-state index in [1.54, 1.807) is 0 Å². The van der Waals surface area contributed by atoms with Crippen LogP contribution in [0, 0.1) is 0 Å². The van der Waals surface area contributed by atoms with Crippen molar-refractivity contribution in [1.82, 2.24) is 15.5 Å². The van der Waals surface area contributed by atoms with Gasteiger partial charge in [-0.05, 0) is 37.9 Å². The quantitative estimate of drug-likeness (QED) is 0.421. The highest BCUT2D eigenvalue weighted by atomic mass is 16.5. The van der Waals surface area contributed by atoms with Gasteiger partial charge in [0.2, 0.25) is 5.91 Å². The number of rotatable bonds is 7. The largest absolute Gasteiger partial charge is 0.379 e. The molecule has 0 radical (unpaired) electrons. The first-order valence-corrected chi connectivity index (χ1v) is 9.98. The molecule has 7 nitrogen and oxygen atoms in total. The highest BCUT2D eigenvalue weighted by molar-refractivity contribution is 5.98. The molecule has 0 aliphatic carbocycles. The minimum absolute atomic E-state index is 0.0467. The number of ether oxygens (including phenoxy) is 1. The number of nitrogens with one attached hydrogen (secondary N) is 2. The first kappa shape index (κ1) is 19.6. The number of nitrogens with zero attached hydrogens (tertiary/aromatic N) is 3. The fourth-order valence-corrected chi connectivity index (χ4v) is 3.51. The number of para-hydroxylation sites is 1. The smallest absolute Gasteiger partial charge is 0.248 e. The van der Waals surface area contributed by atoms with Crippen LogP contribution in [0.25, 0.3) is 0 Å². The molecule has 2 aliphatic rings. The number of amides is 1. The summed E-state index contributed by atoms with van der Waals surface area (Å²) >= 11 is 0. The molecule has 0 saturated carbocycles. The number of hydrogen-bond donors (Lipinski definition) is 2. The molecule has 0 aromatic heterocycles. The Balaban J connectivity index is 1.44. The second-order valence-corrected chi connectivity index (χ2v) is 6.85. The molecule has 1 aromatic carbocycles. The van der Waals surface area contributed by atoms with E-state index in [0.29, 0.717) is 5.96 Å². The van der Waals surface area contributed by atoms with E-state index in [-0.39, 0.29) is 12.5 Å². The standard InChI is InChI=1S/C20H31N5O2/c1-2-21-20(22-9-5-10-24-12-14-27-15-13-24)23-16-19(26)25-11-8-17-6-3-4-7-18(17)25/h3-4,6-7H,2,5,8-16H2,1H3,(H2,21,22,23). The normalized spacial score (nSPS) is 17.7. The summed E-state index contributed by atoms with van der Waals surface area (Å²) in [7, 11) is 0. The van der Waals surface area contributed by atoms with Crippen LogP contribution in [-0.4, -0.2) is 75.8 Å². The van der Waals surface area contributed by atoms with E-state index < -0.39 is 0 Å². The topological polar surface area (TPSA) is 69.2 Å². The molecule has 1 saturated heterocycles. The maximum absolute atomic E-state index is 12.6. The minimum Gasteiger partial charge on any atom is -0.379 e. The Kier molecular flexibility index (Phi) is 7.47. The number of benzene rings is 1. The van der Waals surface area contributed by atoms with Gasteiger partial charge in [0.25, 0.3) is 0 Å². The molecular formula is C20H31N5O2. The summed E-state index contributed by atoms with van der Waals surface area (Å²) in [5.74, 6) is 0.755. The van der Waals surface area contributed by atoms with E-state index in [1.807, 2.05) is 30.0 Å². The zero-order valence-electron chi connectivity index (χ0n) is 16.2. The highest BCUT2D eigenvalue weighted by Crippen LogP contribution is 2.27. The van der Waals surface area contributed by atoms with Crippen LogP contribution >= 0.6 is 0 Å². The fourth-order valence-electron chi connectivity index (χ4n) is 3.51. The molecule has 0 atom stereocenters. The highest BCUT2D eigenvalue weighted by Gasteiger charge is 2.23. The summed E-state index contributed by atoms with van der Waals surface area (Å²) in [5.41, 5.74) is 2.27. The predicted octanol–water partition coefficient (Wildman–Crippen LogP) is 0.853. The van der Waals surface area contributed by atoms with E-state index >= 15 is 0 Å². The van der Waals surface area contributed by atoms with Crippen molar-refractivity contribution in [3.63, 3.8) is 0 Å². The first-order valence-electron chi connectivity index (χ1n) is 9.98. The lowest BCUT2D eigenvalue weighted by atomic mass is 10.2. The second kappa shape index (κ2) is 10.3. The molecule has 0 bridgehead atoms. The number of anilines is 1. The van der Waals surface area contributed by atoms with Crippen LogP contribution in [0.15, 0.2) is 29.3 Å². The molecule has 27 heavy (non-hydrogen) atoms. The molecule has 1 fully saturated rings. The number of hydrogen-bond acceptors (Lipinski definition) is 4. The summed E-state index contributed by atoms with van der Waals surface area (Å²) < 4.78 is 5.37. The molecule has 2 aliphatic heterocycles. The summed E-state index contributed by atoms with van der Waals surface area (Å²) in [6.45, 7) is 9.30. The maximum Gasteiger partial charge on any atom is 0.248 e. The fraction of sp³-hybridized carbons (Fsp3) is 0.600. The zero-order valence-corrected chi connectivity index (χ0v) is 16.2. The van der Waals surface area contributed by atoms with Crippen molar-refractivity contribution in [1.29, 1.82) is 0 Å². The van der Waals surface area contributed by atoms with E-state index in [0.717, 1.165) is 71.0 Å². The first-order chi connectivity index (χ1) is 13.3.